The first-order valence-corrected chi connectivity index (χ1v) is 8.26. The Morgan fingerprint density at radius 1 is 1.32 bits per heavy atom. The van der Waals surface area contributed by atoms with Crippen molar-refractivity contribution < 1.29 is 22.8 Å². The van der Waals surface area contributed by atoms with Gasteiger partial charge in [-0.2, -0.15) is 13.2 Å². The van der Waals surface area contributed by atoms with Crippen molar-refractivity contribution in [3.05, 3.63) is 29.3 Å². The van der Waals surface area contributed by atoms with Gasteiger partial charge in [-0.3, -0.25) is 9.59 Å². The predicted octanol–water partition coefficient (Wildman–Crippen LogP) is 2.56. The molecule has 0 aromatic heterocycles. The number of halogens is 3. The Labute approximate surface area is 144 Å². The minimum absolute atomic E-state index is 0.000575. The average Bonchev–Trinajstić information content (AvgIpc) is 2.97. The zero-order valence-electron chi connectivity index (χ0n) is 14.2. The third-order valence-corrected chi connectivity index (χ3v) is 4.01. The minimum Gasteiger partial charge on any atom is -0.350 e. The molecular formula is C17H22F3N3O2. The molecule has 5 nitrogen and oxygen atoms in total. The van der Waals surface area contributed by atoms with Crippen LogP contribution in [0.4, 0.5) is 18.9 Å². The molecule has 2 rings (SSSR count). The fourth-order valence-electron chi connectivity index (χ4n) is 2.75. The Bertz CT molecular complexity index is 647. The van der Waals surface area contributed by atoms with Crippen molar-refractivity contribution in [1.29, 1.82) is 0 Å². The number of carbonyl (C=O) groups excluding carboxylic acids is 2. The van der Waals surface area contributed by atoms with Gasteiger partial charge in [0.2, 0.25) is 5.91 Å². The summed E-state index contributed by atoms with van der Waals surface area (Å²) in [6, 6.07) is 3.07. The van der Waals surface area contributed by atoms with Gasteiger partial charge in [-0.25, -0.2) is 0 Å². The second kappa shape index (κ2) is 7.86. The smallest absolute Gasteiger partial charge is 0.350 e. The second-order valence-electron chi connectivity index (χ2n) is 6.08. The lowest BCUT2D eigenvalue weighted by molar-refractivity contribution is -0.137. The van der Waals surface area contributed by atoms with Gasteiger partial charge in [-0.15, -0.1) is 0 Å². The van der Waals surface area contributed by atoms with Crippen molar-refractivity contribution in [2.24, 2.45) is 0 Å². The Kier molecular flexibility index (Phi) is 6.05. The Hall–Kier alpha value is -2.09. The number of nitrogens with zero attached hydrogens (tertiary/aromatic N) is 1. The van der Waals surface area contributed by atoms with Crippen LogP contribution in [0.3, 0.4) is 0 Å². The molecule has 0 saturated carbocycles. The molecule has 1 aliphatic heterocycles. The number of benzene rings is 1. The molecule has 1 atom stereocenters. The highest BCUT2D eigenvalue weighted by atomic mass is 19.4. The number of carbonyl (C=O) groups is 2. The normalized spacial score (nSPS) is 16.2. The number of hydrogen-bond donors (Lipinski definition) is 2. The van der Waals surface area contributed by atoms with Crippen molar-refractivity contribution in [3.8, 4) is 0 Å². The Balaban J connectivity index is 2.27. The number of rotatable bonds is 6. The van der Waals surface area contributed by atoms with E-state index in [1.807, 2.05) is 13.8 Å². The van der Waals surface area contributed by atoms with Gasteiger partial charge in [-0.05, 0) is 38.1 Å². The molecule has 1 aromatic rings. The molecule has 1 aromatic carbocycles. The fraction of sp³-hybridized carbons (Fsp3) is 0.529. The lowest BCUT2D eigenvalue weighted by Crippen LogP contribution is -2.39. The van der Waals surface area contributed by atoms with E-state index in [0.29, 0.717) is 25.9 Å². The van der Waals surface area contributed by atoms with E-state index in [9.17, 15) is 22.8 Å². The van der Waals surface area contributed by atoms with E-state index in [1.165, 1.54) is 11.0 Å². The molecule has 25 heavy (non-hydrogen) atoms. The summed E-state index contributed by atoms with van der Waals surface area (Å²) < 4.78 is 39.5. The first-order valence-electron chi connectivity index (χ1n) is 8.26. The van der Waals surface area contributed by atoms with Crippen LogP contribution in [0, 0.1) is 0 Å². The first kappa shape index (κ1) is 19.2. The quantitative estimate of drug-likeness (QED) is 0.823. The molecule has 1 fully saturated rings. The topological polar surface area (TPSA) is 61.4 Å². The van der Waals surface area contributed by atoms with Crippen LogP contribution in [-0.2, 0) is 11.0 Å². The summed E-state index contributed by atoms with van der Waals surface area (Å²) in [5.74, 6) is -0.824. The van der Waals surface area contributed by atoms with Gasteiger partial charge in [0.15, 0.2) is 0 Å². The van der Waals surface area contributed by atoms with Gasteiger partial charge in [-0.1, -0.05) is 6.92 Å². The van der Waals surface area contributed by atoms with Gasteiger partial charge in [0.1, 0.15) is 0 Å². The highest BCUT2D eigenvalue weighted by Crippen LogP contribution is 2.34. The molecule has 0 bridgehead atoms. The SMILES string of the molecule is CCN[C@H](C)CNC(=O)c1cc(N2CCCC2=O)cc(C(F)(F)F)c1. The van der Waals surface area contributed by atoms with Gasteiger partial charge < -0.3 is 15.5 Å². The monoisotopic (exact) mass is 357 g/mol. The molecule has 0 aliphatic carbocycles. The van der Waals surface area contributed by atoms with E-state index >= 15 is 0 Å². The van der Waals surface area contributed by atoms with Crippen molar-refractivity contribution in [1.82, 2.24) is 10.6 Å². The van der Waals surface area contributed by atoms with E-state index in [-0.39, 0.29) is 23.2 Å². The van der Waals surface area contributed by atoms with Crippen LogP contribution >= 0.6 is 0 Å². The largest absolute Gasteiger partial charge is 0.416 e. The van der Waals surface area contributed by atoms with Gasteiger partial charge in [0.05, 0.1) is 5.56 Å². The molecular weight excluding hydrogens is 335 g/mol. The average molecular weight is 357 g/mol. The maximum absolute atomic E-state index is 13.2. The summed E-state index contributed by atoms with van der Waals surface area (Å²) in [7, 11) is 0. The van der Waals surface area contributed by atoms with Crippen LogP contribution < -0.4 is 15.5 Å². The van der Waals surface area contributed by atoms with E-state index in [0.717, 1.165) is 18.7 Å². The molecule has 0 spiro atoms. The highest BCUT2D eigenvalue weighted by molar-refractivity contribution is 5.99. The van der Waals surface area contributed by atoms with Crippen LogP contribution in [0.25, 0.3) is 0 Å². The standard InChI is InChI=1S/C17H22F3N3O2/c1-3-21-11(2)10-22-16(25)12-7-13(17(18,19)20)9-14(8-12)23-6-4-5-15(23)24/h7-9,11,21H,3-6,10H2,1-2H3,(H,22,25)/t11-/m1/s1. The zero-order valence-corrected chi connectivity index (χ0v) is 14.2. The molecule has 1 aliphatic rings. The number of likely N-dealkylation sites (N-methyl/N-ethyl adjacent to an activating group) is 1. The van der Waals surface area contributed by atoms with Gasteiger partial charge in [0, 0.05) is 36.8 Å². The molecule has 8 heteroatoms. The number of amides is 2. The Morgan fingerprint density at radius 3 is 2.60 bits per heavy atom. The number of anilines is 1. The van der Waals surface area contributed by atoms with Crippen LogP contribution in [0.2, 0.25) is 0 Å². The summed E-state index contributed by atoms with van der Waals surface area (Å²) >= 11 is 0. The van der Waals surface area contributed by atoms with E-state index in [2.05, 4.69) is 10.6 Å². The summed E-state index contributed by atoms with van der Waals surface area (Å²) in [6.45, 7) is 5.16. The molecule has 1 heterocycles. The third kappa shape index (κ3) is 4.94. The lowest BCUT2D eigenvalue weighted by atomic mass is 10.1. The molecule has 0 radical (unpaired) electrons. The van der Waals surface area contributed by atoms with Crippen molar-refractivity contribution in [2.45, 2.75) is 38.9 Å². The van der Waals surface area contributed by atoms with Crippen molar-refractivity contribution in [3.63, 3.8) is 0 Å². The maximum Gasteiger partial charge on any atom is 0.416 e. The molecule has 0 unspecified atom stereocenters. The Morgan fingerprint density at radius 2 is 2.04 bits per heavy atom. The van der Waals surface area contributed by atoms with Crippen LogP contribution in [0.1, 0.15) is 42.6 Å². The van der Waals surface area contributed by atoms with Crippen LogP contribution in [0.5, 0.6) is 0 Å². The summed E-state index contributed by atoms with van der Waals surface area (Å²) in [4.78, 5) is 25.4. The summed E-state index contributed by atoms with van der Waals surface area (Å²) in [6.07, 6.45) is -3.69. The number of hydrogen-bond acceptors (Lipinski definition) is 3. The van der Waals surface area contributed by atoms with E-state index in [4.69, 9.17) is 0 Å². The summed E-state index contributed by atoms with van der Waals surface area (Å²) in [5, 5.41) is 5.72. The van der Waals surface area contributed by atoms with E-state index in [1.54, 1.807) is 0 Å². The van der Waals surface area contributed by atoms with Crippen molar-refractivity contribution >= 4 is 17.5 Å². The van der Waals surface area contributed by atoms with Gasteiger partial charge >= 0.3 is 6.18 Å². The maximum atomic E-state index is 13.2. The summed E-state index contributed by atoms with van der Waals surface area (Å²) in [5.41, 5.74) is -0.926. The van der Waals surface area contributed by atoms with Crippen LogP contribution in [-0.4, -0.2) is 37.5 Å². The van der Waals surface area contributed by atoms with E-state index < -0.39 is 17.6 Å². The number of alkyl halides is 3. The van der Waals surface area contributed by atoms with Gasteiger partial charge in [0.25, 0.3) is 5.91 Å². The molecule has 2 amide bonds. The molecule has 2 N–H and O–H groups in total. The first-order chi connectivity index (χ1) is 11.7. The zero-order chi connectivity index (χ0) is 18.6. The molecule has 1 saturated heterocycles. The third-order valence-electron chi connectivity index (χ3n) is 4.01. The number of nitrogens with one attached hydrogen (secondary N) is 2. The highest BCUT2D eigenvalue weighted by Gasteiger charge is 2.33. The second-order valence-corrected chi connectivity index (χ2v) is 6.08. The lowest BCUT2D eigenvalue weighted by Gasteiger charge is -2.19. The van der Waals surface area contributed by atoms with Crippen LogP contribution in [0.15, 0.2) is 18.2 Å². The molecule has 138 valence electrons. The minimum atomic E-state index is -4.59. The van der Waals surface area contributed by atoms with Crippen molar-refractivity contribution in [2.75, 3.05) is 24.5 Å². The fourth-order valence-corrected chi connectivity index (χ4v) is 2.75. The predicted molar refractivity (Wildman–Crippen MR) is 88.5 cm³/mol.